The number of hydrogen-bond acceptors (Lipinski definition) is 6. The van der Waals surface area contributed by atoms with Gasteiger partial charge >= 0.3 is 0 Å². The highest BCUT2D eigenvalue weighted by Crippen LogP contribution is 2.40. The van der Waals surface area contributed by atoms with Gasteiger partial charge in [-0.25, -0.2) is 0 Å². The summed E-state index contributed by atoms with van der Waals surface area (Å²) < 4.78 is 3.17. The van der Waals surface area contributed by atoms with Gasteiger partial charge in [-0.2, -0.15) is 14.3 Å². The van der Waals surface area contributed by atoms with Crippen LogP contribution >= 0.6 is 0 Å². The number of phenolic OH excluding ortho intramolecular Hbond substituents is 1. The zero-order valence-electron chi connectivity index (χ0n) is 14.4. The second-order valence-corrected chi connectivity index (χ2v) is 6.48. The summed E-state index contributed by atoms with van der Waals surface area (Å²) in [5.74, 6) is 1.01. The van der Waals surface area contributed by atoms with Gasteiger partial charge in [-0.05, 0) is 36.8 Å². The molecule has 9 heteroatoms. The van der Waals surface area contributed by atoms with Crippen molar-refractivity contribution in [3.63, 3.8) is 0 Å². The Morgan fingerprint density at radius 2 is 2.11 bits per heavy atom. The third-order valence-electron chi connectivity index (χ3n) is 4.74. The average molecular weight is 361 g/mol. The molecule has 0 saturated heterocycles. The highest BCUT2D eigenvalue weighted by atomic mass is 16.3. The molecule has 1 atom stereocenters. The molecule has 4 aromatic rings. The molecule has 1 aliphatic heterocycles. The maximum atomic E-state index is 12.4. The number of fused-ring (bicyclic) bond motifs is 2. The number of aromatic nitrogens is 6. The zero-order chi connectivity index (χ0) is 18.5. The van der Waals surface area contributed by atoms with Crippen LogP contribution in [-0.4, -0.2) is 40.6 Å². The number of anilines is 1. The molecule has 3 aromatic heterocycles. The number of nitrogens with zero attached hydrogens (tertiary/aromatic N) is 6. The molecule has 0 radical (unpaired) electrons. The molecule has 9 nitrogen and oxygen atoms in total. The van der Waals surface area contributed by atoms with E-state index in [0.29, 0.717) is 23.7 Å². The van der Waals surface area contributed by atoms with E-state index < -0.39 is 0 Å². The number of phenols is 1. The summed E-state index contributed by atoms with van der Waals surface area (Å²) in [5.41, 5.74) is 3.21. The number of carbonyl (C=O) groups excluding carboxylic acids is 1. The van der Waals surface area contributed by atoms with Crippen LogP contribution in [0.2, 0.25) is 0 Å². The number of carbonyl (C=O) groups is 1. The van der Waals surface area contributed by atoms with Gasteiger partial charge in [0.15, 0.2) is 11.5 Å². The Morgan fingerprint density at radius 1 is 1.22 bits per heavy atom. The van der Waals surface area contributed by atoms with Crippen LogP contribution in [0.5, 0.6) is 5.75 Å². The fourth-order valence-corrected chi connectivity index (χ4v) is 3.57. The SMILES string of the molecule is Cc1nn(-c2ccc3nncn3n2)c2c1[C@@H](c1cccc(O)c1)CC(=O)N2. The third-order valence-corrected chi connectivity index (χ3v) is 4.74. The summed E-state index contributed by atoms with van der Waals surface area (Å²) in [6, 6.07) is 10.5. The average Bonchev–Trinajstić information content (AvgIpc) is 3.25. The molecule has 27 heavy (non-hydrogen) atoms. The van der Waals surface area contributed by atoms with Crippen molar-refractivity contribution in [3.05, 3.63) is 59.5 Å². The minimum Gasteiger partial charge on any atom is -0.508 e. The van der Waals surface area contributed by atoms with Gasteiger partial charge in [0, 0.05) is 17.9 Å². The Hall–Kier alpha value is -3.75. The first-order valence-electron chi connectivity index (χ1n) is 8.46. The summed E-state index contributed by atoms with van der Waals surface area (Å²) in [4.78, 5) is 12.4. The molecule has 0 bridgehead atoms. The van der Waals surface area contributed by atoms with Gasteiger partial charge in [0.05, 0.1) is 5.69 Å². The van der Waals surface area contributed by atoms with E-state index in [1.165, 1.54) is 6.33 Å². The number of aromatic hydroxyl groups is 1. The van der Waals surface area contributed by atoms with E-state index in [4.69, 9.17) is 0 Å². The van der Waals surface area contributed by atoms with Crippen LogP contribution < -0.4 is 5.32 Å². The second kappa shape index (κ2) is 5.63. The molecule has 0 spiro atoms. The Morgan fingerprint density at radius 3 is 2.96 bits per heavy atom. The molecular formula is C18H15N7O2. The lowest BCUT2D eigenvalue weighted by molar-refractivity contribution is -0.116. The largest absolute Gasteiger partial charge is 0.508 e. The molecule has 0 aliphatic carbocycles. The predicted molar refractivity (Wildman–Crippen MR) is 95.8 cm³/mol. The van der Waals surface area contributed by atoms with E-state index in [2.05, 4.69) is 25.7 Å². The van der Waals surface area contributed by atoms with Crippen molar-refractivity contribution in [2.45, 2.75) is 19.3 Å². The number of benzene rings is 1. The molecule has 0 unspecified atom stereocenters. The predicted octanol–water partition coefficient (Wildman–Crippen LogP) is 1.80. The van der Waals surface area contributed by atoms with Crippen molar-refractivity contribution in [2.24, 2.45) is 0 Å². The standard InChI is InChI=1S/C18H15N7O2/c1-10-17-13(11-3-2-4-12(26)7-11)8-16(27)20-18(17)25(22-10)15-6-5-14-21-19-9-24(14)23-15/h2-7,9,13,26H,8H2,1H3,(H,20,27)/t13-/m1/s1. The maximum Gasteiger partial charge on any atom is 0.226 e. The van der Waals surface area contributed by atoms with Crippen LogP contribution in [0.4, 0.5) is 5.82 Å². The van der Waals surface area contributed by atoms with Crippen LogP contribution in [0.15, 0.2) is 42.7 Å². The molecule has 4 heterocycles. The van der Waals surface area contributed by atoms with Crippen LogP contribution in [0.3, 0.4) is 0 Å². The minimum absolute atomic E-state index is 0.109. The lowest BCUT2D eigenvalue weighted by Gasteiger charge is -2.24. The molecule has 1 aromatic carbocycles. The fourth-order valence-electron chi connectivity index (χ4n) is 3.57. The maximum absolute atomic E-state index is 12.4. The van der Waals surface area contributed by atoms with Crippen molar-refractivity contribution in [2.75, 3.05) is 5.32 Å². The zero-order valence-corrected chi connectivity index (χ0v) is 14.4. The summed E-state index contributed by atoms with van der Waals surface area (Å²) in [5, 5.41) is 29.6. The summed E-state index contributed by atoms with van der Waals surface area (Å²) in [6.07, 6.45) is 1.80. The normalized spacial score (nSPS) is 16.3. The molecule has 0 saturated carbocycles. The lowest BCUT2D eigenvalue weighted by Crippen LogP contribution is -2.25. The molecule has 1 aliphatic rings. The van der Waals surface area contributed by atoms with Crippen molar-refractivity contribution < 1.29 is 9.90 Å². The summed E-state index contributed by atoms with van der Waals surface area (Å²) in [6.45, 7) is 1.90. The number of amides is 1. The van der Waals surface area contributed by atoms with Crippen molar-refractivity contribution in [1.29, 1.82) is 0 Å². The molecule has 2 N–H and O–H groups in total. The first kappa shape index (κ1) is 15.5. The quantitative estimate of drug-likeness (QED) is 0.563. The van der Waals surface area contributed by atoms with Gasteiger partial charge in [0.2, 0.25) is 5.91 Å². The smallest absolute Gasteiger partial charge is 0.226 e. The van der Waals surface area contributed by atoms with Gasteiger partial charge in [0.25, 0.3) is 0 Å². The number of hydrogen-bond donors (Lipinski definition) is 2. The van der Waals surface area contributed by atoms with E-state index >= 15 is 0 Å². The molecule has 1 amide bonds. The summed E-state index contributed by atoms with van der Waals surface area (Å²) in [7, 11) is 0. The highest BCUT2D eigenvalue weighted by Gasteiger charge is 2.33. The van der Waals surface area contributed by atoms with Crippen molar-refractivity contribution >= 4 is 17.4 Å². The Labute approximate surface area is 153 Å². The van der Waals surface area contributed by atoms with E-state index in [9.17, 15) is 9.90 Å². The first-order chi connectivity index (χ1) is 13.1. The van der Waals surface area contributed by atoms with Crippen LogP contribution in [0.1, 0.15) is 29.2 Å². The van der Waals surface area contributed by atoms with E-state index in [0.717, 1.165) is 16.8 Å². The van der Waals surface area contributed by atoms with Gasteiger partial charge < -0.3 is 10.4 Å². The topological polar surface area (TPSA) is 110 Å². The van der Waals surface area contributed by atoms with Gasteiger partial charge in [0.1, 0.15) is 17.9 Å². The van der Waals surface area contributed by atoms with Gasteiger partial charge in [-0.3, -0.25) is 4.79 Å². The highest BCUT2D eigenvalue weighted by molar-refractivity contribution is 5.95. The van der Waals surface area contributed by atoms with Crippen LogP contribution in [0.25, 0.3) is 11.5 Å². The van der Waals surface area contributed by atoms with Crippen LogP contribution in [-0.2, 0) is 4.79 Å². The third kappa shape index (κ3) is 2.43. The minimum atomic E-state index is -0.187. The fraction of sp³-hybridized carbons (Fsp3) is 0.167. The first-order valence-corrected chi connectivity index (χ1v) is 8.46. The molecule has 134 valence electrons. The summed E-state index contributed by atoms with van der Waals surface area (Å²) >= 11 is 0. The number of nitrogens with one attached hydrogen (secondary N) is 1. The molecular weight excluding hydrogens is 346 g/mol. The van der Waals surface area contributed by atoms with E-state index in [1.54, 1.807) is 39.5 Å². The monoisotopic (exact) mass is 361 g/mol. The van der Waals surface area contributed by atoms with E-state index in [-0.39, 0.29) is 17.6 Å². The van der Waals surface area contributed by atoms with Gasteiger partial charge in [-0.15, -0.1) is 15.3 Å². The lowest BCUT2D eigenvalue weighted by atomic mass is 9.86. The second-order valence-electron chi connectivity index (χ2n) is 6.48. The van der Waals surface area contributed by atoms with E-state index in [1.807, 2.05) is 13.0 Å². The Kier molecular flexibility index (Phi) is 3.23. The molecule has 5 rings (SSSR count). The number of rotatable bonds is 2. The van der Waals surface area contributed by atoms with Gasteiger partial charge in [-0.1, -0.05) is 12.1 Å². The Balaban J connectivity index is 1.68. The van der Waals surface area contributed by atoms with Crippen molar-refractivity contribution in [3.8, 4) is 11.6 Å². The van der Waals surface area contributed by atoms with Crippen LogP contribution in [0, 0.1) is 6.92 Å². The Bertz CT molecular complexity index is 1190. The number of aryl methyl sites for hydroxylation is 1. The van der Waals surface area contributed by atoms with Crippen molar-refractivity contribution in [1.82, 2.24) is 29.6 Å². The molecule has 0 fully saturated rings.